The zero-order chi connectivity index (χ0) is 36.6. The maximum atomic E-state index is 10.7. The molecule has 55 heavy (non-hydrogen) atoms. The quantitative estimate of drug-likeness (QED) is 0.184. The van der Waals surface area contributed by atoms with E-state index in [9.17, 15) is 10.5 Å². The molecule has 254 valence electrons. The van der Waals surface area contributed by atoms with Gasteiger partial charge in [0, 0.05) is 49.1 Å². The molecule has 0 N–H and O–H groups in total. The lowest BCUT2D eigenvalue weighted by Gasteiger charge is -2.19. The Morgan fingerprint density at radius 3 is 1.44 bits per heavy atom. The van der Waals surface area contributed by atoms with E-state index in [1.54, 1.807) is 0 Å². The van der Waals surface area contributed by atoms with Crippen molar-refractivity contribution in [2.24, 2.45) is 0 Å². The maximum Gasteiger partial charge on any atom is 0.101 e. The topological polar surface area (TPSA) is 62.4 Å². The van der Waals surface area contributed by atoms with Gasteiger partial charge >= 0.3 is 0 Å². The number of rotatable bonds is 4. The molecular weight excluding hydrogens is 671 g/mol. The van der Waals surface area contributed by atoms with Gasteiger partial charge in [-0.25, -0.2) is 0 Å². The average molecular weight is 700 g/mol. The highest BCUT2D eigenvalue weighted by Crippen LogP contribution is 2.43. The first-order valence-corrected chi connectivity index (χ1v) is 18.3. The van der Waals surface area contributed by atoms with Crippen molar-refractivity contribution in [3.05, 3.63) is 187 Å². The largest absolute Gasteiger partial charge is 0.309 e. The second kappa shape index (κ2) is 11.8. The van der Waals surface area contributed by atoms with E-state index in [0.717, 1.165) is 82.8 Å². The average Bonchev–Trinajstić information content (AvgIpc) is 3.88. The monoisotopic (exact) mass is 699 g/mol. The minimum absolute atomic E-state index is 0.593. The summed E-state index contributed by atoms with van der Waals surface area (Å²) < 4.78 is 6.89. The van der Waals surface area contributed by atoms with Crippen LogP contribution in [0.3, 0.4) is 0 Å². The van der Waals surface area contributed by atoms with Crippen molar-refractivity contribution in [2.45, 2.75) is 0 Å². The Bertz CT molecular complexity index is 3360. The minimum atomic E-state index is 0.593. The number of aromatic nitrogens is 3. The van der Waals surface area contributed by atoms with Crippen LogP contribution in [-0.4, -0.2) is 13.7 Å². The van der Waals surface area contributed by atoms with Gasteiger partial charge in [0.25, 0.3) is 0 Å². The fraction of sp³-hybridized carbons (Fsp3) is 0. The number of para-hydroxylation sites is 6. The number of nitrogens with zero attached hydrogens (tertiary/aromatic N) is 5. The first-order chi connectivity index (χ1) is 27.2. The van der Waals surface area contributed by atoms with E-state index in [1.165, 1.54) is 10.8 Å². The molecule has 0 aliphatic rings. The third-order valence-corrected chi connectivity index (χ3v) is 11.1. The maximum absolute atomic E-state index is 10.7. The Balaban J connectivity index is 1.21. The molecular formula is C50H29N5. The molecule has 0 fully saturated rings. The molecule has 0 amide bonds. The first kappa shape index (κ1) is 30.7. The van der Waals surface area contributed by atoms with Crippen molar-refractivity contribution in [3.63, 3.8) is 0 Å². The number of hydrogen-bond donors (Lipinski definition) is 0. The molecule has 0 spiro atoms. The molecule has 0 aliphatic carbocycles. The van der Waals surface area contributed by atoms with Crippen LogP contribution in [0.5, 0.6) is 0 Å². The SMILES string of the molecule is N#Cc1ccc2c(c1)c1cc(-n3c4ccccc4c4ccccc43)ccc1n2-c1ccccc1-c1cccc(C#N)c1-n1c2ccccc2c2ccccc21. The lowest BCUT2D eigenvalue weighted by atomic mass is 9.98. The lowest BCUT2D eigenvalue weighted by Crippen LogP contribution is -2.03. The van der Waals surface area contributed by atoms with Crippen LogP contribution in [0.4, 0.5) is 0 Å². The second-order valence-corrected chi connectivity index (χ2v) is 14.0. The number of hydrogen-bond acceptors (Lipinski definition) is 2. The summed E-state index contributed by atoms with van der Waals surface area (Å²) in [6.07, 6.45) is 0. The molecule has 0 saturated heterocycles. The predicted molar refractivity (Wildman–Crippen MR) is 224 cm³/mol. The Morgan fingerprint density at radius 1 is 0.345 bits per heavy atom. The van der Waals surface area contributed by atoms with Gasteiger partial charge < -0.3 is 13.7 Å². The van der Waals surface area contributed by atoms with Crippen molar-refractivity contribution >= 4 is 65.4 Å². The lowest BCUT2D eigenvalue weighted by molar-refractivity contribution is 1.15. The summed E-state index contributed by atoms with van der Waals surface area (Å²) in [7, 11) is 0. The Labute approximate surface area is 316 Å². The summed E-state index contributed by atoms with van der Waals surface area (Å²) in [6, 6.07) is 65.9. The van der Waals surface area contributed by atoms with Crippen molar-refractivity contribution < 1.29 is 0 Å². The molecule has 5 heteroatoms. The zero-order valence-electron chi connectivity index (χ0n) is 29.5. The Morgan fingerprint density at radius 2 is 0.836 bits per heavy atom. The van der Waals surface area contributed by atoms with Crippen molar-refractivity contribution in [3.8, 4) is 40.3 Å². The molecule has 11 rings (SSSR count). The summed E-state index contributed by atoms with van der Waals surface area (Å²) in [5, 5.41) is 27.5. The number of nitriles is 2. The van der Waals surface area contributed by atoms with Crippen LogP contribution in [0.1, 0.15) is 11.1 Å². The van der Waals surface area contributed by atoms with E-state index in [0.29, 0.717) is 11.1 Å². The van der Waals surface area contributed by atoms with Gasteiger partial charge in [-0.15, -0.1) is 0 Å². The molecule has 0 saturated carbocycles. The molecule has 8 aromatic carbocycles. The summed E-state index contributed by atoms with van der Waals surface area (Å²) in [5.41, 5.74) is 12.4. The zero-order valence-corrected chi connectivity index (χ0v) is 29.5. The van der Waals surface area contributed by atoms with Crippen LogP contribution in [-0.2, 0) is 0 Å². The Kier molecular flexibility index (Phi) is 6.61. The van der Waals surface area contributed by atoms with Gasteiger partial charge in [0.1, 0.15) is 6.07 Å². The molecule has 11 aromatic rings. The summed E-state index contributed by atoms with van der Waals surface area (Å²) in [6.45, 7) is 0. The molecule has 3 aromatic heterocycles. The molecule has 0 radical (unpaired) electrons. The van der Waals surface area contributed by atoms with Crippen LogP contribution >= 0.6 is 0 Å². The number of benzene rings is 8. The van der Waals surface area contributed by atoms with Crippen LogP contribution in [0.2, 0.25) is 0 Å². The fourth-order valence-electron chi connectivity index (χ4n) is 8.83. The van der Waals surface area contributed by atoms with Gasteiger partial charge in [0.15, 0.2) is 0 Å². The Hall–Kier alpha value is -7.86. The molecule has 0 bridgehead atoms. The van der Waals surface area contributed by atoms with E-state index in [2.05, 4.69) is 177 Å². The standard InChI is InChI=1S/C50H29N5/c51-30-32-24-26-48-41(28-32)42-29-34(53-43-19-6-1-13-35(43)36-14-2-7-20-44(36)53)25-27-49(42)54(48)45-21-8-5-17-39(45)40-18-11-12-33(31-52)50(40)55-46-22-9-3-15-37(46)38-16-4-10-23-47(38)55/h1-29H. The van der Waals surface area contributed by atoms with Crippen molar-refractivity contribution in [2.75, 3.05) is 0 Å². The van der Waals surface area contributed by atoms with Gasteiger partial charge in [-0.3, -0.25) is 0 Å². The third-order valence-electron chi connectivity index (χ3n) is 11.1. The molecule has 0 aliphatic heterocycles. The molecule has 3 heterocycles. The molecule has 0 unspecified atom stereocenters. The molecule has 0 atom stereocenters. The highest BCUT2D eigenvalue weighted by Gasteiger charge is 2.23. The van der Waals surface area contributed by atoms with Gasteiger partial charge in [-0.05, 0) is 72.8 Å². The van der Waals surface area contributed by atoms with Gasteiger partial charge in [0.05, 0.1) is 61.7 Å². The van der Waals surface area contributed by atoms with Crippen molar-refractivity contribution in [1.82, 2.24) is 13.7 Å². The van der Waals surface area contributed by atoms with E-state index >= 15 is 0 Å². The normalized spacial score (nSPS) is 11.6. The predicted octanol–water partition coefficient (Wildman–Crippen LogP) is 12.4. The van der Waals surface area contributed by atoms with E-state index in [1.807, 2.05) is 24.3 Å². The van der Waals surface area contributed by atoms with Crippen LogP contribution in [0, 0.1) is 22.7 Å². The van der Waals surface area contributed by atoms with E-state index < -0.39 is 0 Å². The van der Waals surface area contributed by atoms with Gasteiger partial charge in [-0.2, -0.15) is 10.5 Å². The summed E-state index contributed by atoms with van der Waals surface area (Å²) >= 11 is 0. The number of fused-ring (bicyclic) bond motifs is 9. The third kappa shape index (κ3) is 4.39. The van der Waals surface area contributed by atoms with E-state index in [-0.39, 0.29) is 0 Å². The van der Waals surface area contributed by atoms with Crippen LogP contribution < -0.4 is 0 Å². The van der Waals surface area contributed by atoms with Gasteiger partial charge in [-0.1, -0.05) is 103 Å². The highest BCUT2D eigenvalue weighted by molar-refractivity contribution is 6.13. The van der Waals surface area contributed by atoms with Gasteiger partial charge in [0.2, 0.25) is 0 Å². The van der Waals surface area contributed by atoms with Crippen LogP contribution in [0.15, 0.2) is 176 Å². The summed E-state index contributed by atoms with van der Waals surface area (Å²) in [5.74, 6) is 0. The fourth-order valence-corrected chi connectivity index (χ4v) is 8.83. The first-order valence-electron chi connectivity index (χ1n) is 18.3. The van der Waals surface area contributed by atoms with E-state index in [4.69, 9.17) is 0 Å². The van der Waals surface area contributed by atoms with Crippen molar-refractivity contribution in [1.29, 1.82) is 10.5 Å². The molecule has 5 nitrogen and oxygen atoms in total. The smallest absolute Gasteiger partial charge is 0.101 e. The summed E-state index contributed by atoms with van der Waals surface area (Å²) in [4.78, 5) is 0. The second-order valence-electron chi connectivity index (χ2n) is 14.0. The van der Waals surface area contributed by atoms with Crippen LogP contribution in [0.25, 0.3) is 93.6 Å². The highest BCUT2D eigenvalue weighted by atomic mass is 15.0. The minimum Gasteiger partial charge on any atom is -0.309 e.